The Hall–Kier alpha value is -3.02. The Morgan fingerprint density at radius 3 is 2.88 bits per heavy atom. The van der Waals surface area contributed by atoms with E-state index in [1.165, 1.54) is 0 Å². The number of para-hydroxylation sites is 2. The lowest BCUT2D eigenvalue weighted by Crippen LogP contribution is -2.27. The van der Waals surface area contributed by atoms with E-state index < -0.39 is 0 Å². The lowest BCUT2D eigenvalue weighted by Gasteiger charge is -2.10. The van der Waals surface area contributed by atoms with Crippen LogP contribution in [0.15, 0.2) is 48.8 Å². The van der Waals surface area contributed by atoms with E-state index in [1.54, 1.807) is 24.5 Å². The highest BCUT2D eigenvalue weighted by molar-refractivity contribution is 5.94. The Balaban J connectivity index is 1.40. The van der Waals surface area contributed by atoms with E-state index >= 15 is 0 Å². The van der Waals surface area contributed by atoms with Crippen LogP contribution in [0.1, 0.15) is 16.8 Å². The summed E-state index contributed by atoms with van der Waals surface area (Å²) in [4.78, 5) is 16.7. The number of nitrogens with zero attached hydrogens (tertiary/aromatic N) is 2. The SMILES string of the molecule is O=C(NCCn1cnc2ccccc21)c1ccc2c(c1)OCCCO2. The summed E-state index contributed by atoms with van der Waals surface area (Å²) in [5.74, 6) is 1.20. The molecule has 1 amide bonds. The molecule has 128 valence electrons. The number of aromatic nitrogens is 2. The Bertz CT molecular complexity index is 904. The zero-order valence-electron chi connectivity index (χ0n) is 13.8. The van der Waals surface area contributed by atoms with Crippen LogP contribution in [-0.4, -0.2) is 35.2 Å². The molecule has 1 aliphatic heterocycles. The second kappa shape index (κ2) is 6.84. The van der Waals surface area contributed by atoms with Crippen molar-refractivity contribution in [3.8, 4) is 11.5 Å². The summed E-state index contributed by atoms with van der Waals surface area (Å²) in [7, 11) is 0. The van der Waals surface area contributed by atoms with E-state index in [0.29, 0.717) is 43.4 Å². The van der Waals surface area contributed by atoms with Crippen molar-refractivity contribution >= 4 is 16.9 Å². The lowest BCUT2D eigenvalue weighted by molar-refractivity contribution is 0.0952. The third kappa shape index (κ3) is 3.28. The van der Waals surface area contributed by atoms with Gasteiger partial charge in [-0.25, -0.2) is 4.98 Å². The fraction of sp³-hybridized carbons (Fsp3) is 0.263. The number of hydrogen-bond acceptors (Lipinski definition) is 4. The summed E-state index contributed by atoms with van der Waals surface area (Å²) in [5, 5.41) is 2.94. The van der Waals surface area contributed by atoms with Crippen LogP contribution < -0.4 is 14.8 Å². The maximum absolute atomic E-state index is 12.4. The van der Waals surface area contributed by atoms with Gasteiger partial charge in [0.25, 0.3) is 5.91 Å². The first-order valence-corrected chi connectivity index (χ1v) is 8.39. The predicted octanol–water partition coefficient (Wildman–Crippen LogP) is 2.63. The van der Waals surface area contributed by atoms with Gasteiger partial charge in [-0.05, 0) is 30.3 Å². The minimum atomic E-state index is -0.125. The lowest BCUT2D eigenvalue weighted by atomic mass is 10.2. The molecule has 0 unspecified atom stereocenters. The average molecular weight is 337 g/mol. The van der Waals surface area contributed by atoms with Crippen molar-refractivity contribution in [2.75, 3.05) is 19.8 Å². The van der Waals surface area contributed by atoms with Crippen molar-refractivity contribution < 1.29 is 14.3 Å². The molecule has 0 fully saturated rings. The topological polar surface area (TPSA) is 65.4 Å². The molecule has 1 aliphatic rings. The third-order valence-electron chi connectivity index (χ3n) is 4.18. The number of hydrogen-bond donors (Lipinski definition) is 1. The third-order valence-corrected chi connectivity index (χ3v) is 4.18. The normalized spacial score (nSPS) is 13.4. The molecular formula is C19H19N3O3. The van der Waals surface area contributed by atoms with Crippen molar-refractivity contribution in [2.45, 2.75) is 13.0 Å². The highest BCUT2D eigenvalue weighted by atomic mass is 16.5. The first-order chi connectivity index (χ1) is 12.3. The van der Waals surface area contributed by atoms with Crippen LogP contribution in [0.4, 0.5) is 0 Å². The molecule has 1 N–H and O–H groups in total. The molecule has 0 atom stereocenters. The largest absolute Gasteiger partial charge is 0.490 e. The van der Waals surface area contributed by atoms with Crippen molar-refractivity contribution in [1.82, 2.24) is 14.9 Å². The molecule has 2 aromatic carbocycles. The van der Waals surface area contributed by atoms with Crippen LogP contribution in [-0.2, 0) is 6.54 Å². The van der Waals surface area contributed by atoms with Gasteiger partial charge in [-0.2, -0.15) is 0 Å². The molecule has 6 heteroatoms. The van der Waals surface area contributed by atoms with E-state index in [9.17, 15) is 4.79 Å². The minimum absolute atomic E-state index is 0.125. The summed E-state index contributed by atoms with van der Waals surface area (Å²) < 4.78 is 13.3. The second-order valence-corrected chi connectivity index (χ2v) is 5.89. The summed E-state index contributed by atoms with van der Waals surface area (Å²) in [6.45, 7) is 2.42. The number of fused-ring (bicyclic) bond motifs is 2. The van der Waals surface area contributed by atoms with Crippen molar-refractivity contribution in [1.29, 1.82) is 0 Å². The molecule has 0 aliphatic carbocycles. The van der Waals surface area contributed by atoms with Gasteiger partial charge in [-0.3, -0.25) is 4.79 Å². The van der Waals surface area contributed by atoms with Gasteiger partial charge < -0.3 is 19.4 Å². The highest BCUT2D eigenvalue weighted by Crippen LogP contribution is 2.30. The van der Waals surface area contributed by atoms with Crippen molar-refractivity contribution in [2.24, 2.45) is 0 Å². The van der Waals surface area contributed by atoms with Gasteiger partial charge >= 0.3 is 0 Å². The van der Waals surface area contributed by atoms with E-state index in [2.05, 4.69) is 10.3 Å². The van der Waals surface area contributed by atoms with Crippen molar-refractivity contribution in [3.05, 3.63) is 54.4 Å². The van der Waals surface area contributed by atoms with E-state index in [4.69, 9.17) is 9.47 Å². The first-order valence-electron chi connectivity index (χ1n) is 8.39. The van der Waals surface area contributed by atoms with Gasteiger partial charge in [-0.1, -0.05) is 12.1 Å². The quantitative estimate of drug-likeness (QED) is 0.795. The second-order valence-electron chi connectivity index (χ2n) is 5.89. The first kappa shape index (κ1) is 15.5. The van der Waals surface area contributed by atoms with E-state index in [1.807, 2.05) is 28.8 Å². The zero-order chi connectivity index (χ0) is 17.1. The number of ether oxygens (including phenoxy) is 2. The maximum atomic E-state index is 12.4. The average Bonchev–Trinajstić information content (AvgIpc) is 2.90. The van der Waals surface area contributed by atoms with Crippen LogP contribution >= 0.6 is 0 Å². The molecule has 3 aromatic rings. The molecule has 0 bridgehead atoms. The zero-order valence-corrected chi connectivity index (χ0v) is 13.8. The number of benzene rings is 2. The Labute approximate surface area is 145 Å². The highest BCUT2D eigenvalue weighted by Gasteiger charge is 2.14. The van der Waals surface area contributed by atoms with Gasteiger partial charge in [0.2, 0.25) is 0 Å². The Morgan fingerprint density at radius 2 is 1.96 bits per heavy atom. The number of carbonyl (C=O) groups excluding carboxylic acids is 1. The predicted molar refractivity (Wildman–Crippen MR) is 94.1 cm³/mol. The molecule has 2 heterocycles. The smallest absolute Gasteiger partial charge is 0.251 e. The van der Waals surface area contributed by atoms with Gasteiger partial charge in [0, 0.05) is 25.1 Å². The Kier molecular flexibility index (Phi) is 4.24. The fourth-order valence-electron chi connectivity index (χ4n) is 2.88. The van der Waals surface area contributed by atoms with E-state index in [-0.39, 0.29) is 5.91 Å². The summed E-state index contributed by atoms with van der Waals surface area (Å²) in [5.41, 5.74) is 2.59. The fourth-order valence-corrected chi connectivity index (χ4v) is 2.88. The van der Waals surface area contributed by atoms with Crippen LogP contribution in [0.2, 0.25) is 0 Å². The van der Waals surface area contributed by atoms with Gasteiger partial charge in [0.15, 0.2) is 11.5 Å². The van der Waals surface area contributed by atoms with Crippen LogP contribution in [0.25, 0.3) is 11.0 Å². The molecular weight excluding hydrogens is 318 g/mol. The standard InChI is InChI=1S/C19H19N3O3/c23-19(14-6-7-17-18(12-14)25-11-3-10-24-17)20-8-9-22-13-21-15-4-1-2-5-16(15)22/h1-2,4-7,12-13H,3,8-11H2,(H,20,23). The molecule has 1 aromatic heterocycles. The van der Waals surface area contributed by atoms with Gasteiger partial charge in [0.1, 0.15) is 0 Å². The molecule has 25 heavy (non-hydrogen) atoms. The number of nitrogens with one attached hydrogen (secondary N) is 1. The summed E-state index contributed by atoms with van der Waals surface area (Å²) in [6, 6.07) is 13.2. The van der Waals surface area contributed by atoms with Crippen LogP contribution in [0.3, 0.4) is 0 Å². The van der Waals surface area contributed by atoms with E-state index in [0.717, 1.165) is 17.5 Å². The monoisotopic (exact) mass is 337 g/mol. The summed E-state index contributed by atoms with van der Waals surface area (Å²) in [6.07, 6.45) is 2.64. The van der Waals surface area contributed by atoms with Crippen LogP contribution in [0.5, 0.6) is 11.5 Å². The van der Waals surface area contributed by atoms with Crippen LogP contribution in [0, 0.1) is 0 Å². The maximum Gasteiger partial charge on any atom is 0.251 e. The molecule has 6 nitrogen and oxygen atoms in total. The molecule has 0 saturated heterocycles. The Morgan fingerprint density at radius 1 is 1.12 bits per heavy atom. The summed E-state index contributed by atoms with van der Waals surface area (Å²) >= 11 is 0. The number of amides is 1. The molecule has 0 saturated carbocycles. The van der Waals surface area contributed by atoms with Gasteiger partial charge in [-0.15, -0.1) is 0 Å². The molecule has 0 radical (unpaired) electrons. The van der Waals surface area contributed by atoms with Gasteiger partial charge in [0.05, 0.1) is 30.6 Å². The van der Waals surface area contributed by atoms with Crippen molar-refractivity contribution in [3.63, 3.8) is 0 Å². The molecule has 4 rings (SSSR count). The number of carbonyl (C=O) groups is 1. The minimum Gasteiger partial charge on any atom is -0.490 e. The number of rotatable bonds is 4. The molecule has 0 spiro atoms. The number of imidazole rings is 1.